The van der Waals surface area contributed by atoms with Crippen LogP contribution in [0.5, 0.6) is 0 Å². The third kappa shape index (κ3) is 4.47. The second-order valence-corrected chi connectivity index (χ2v) is 10.4. The Kier molecular flexibility index (Phi) is 6.66. The first-order valence-corrected chi connectivity index (χ1v) is 10.5. The van der Waals surface area contributed by atoms with Crippen molar-refractivity contribution < 1.29 is 16.8 Å². The lowest BCUT2D eigenvalue weighted by Gasteiger charge is -2.24. The largest absolute Gasteiger partial charge is 0.273 e. The Balaban J connectivity index is 3.24. The Hall–Kier alpha value is -2.70. The molecule has 1 rings (SSSR count). The van der Waals surface area contributed by atoms with Gasteiger partial charge in [-0.15, -0.1) is 8.83 Å². The zero-order valence-corrected chi connectivity index (χ0v) is 16.3. The molecule has 1 aromatic rings. The molecule has 0 aliphatic carbocycles. The zero-order chi connectivity index (χ0) is 20.1. The molecule has 0 atom stereocenters. The first-order chi connectivity index (χ1) is 12.0. The van der Waals surface area contributed by atoms with Crippen LogP contribution in [0.4, 0.5) is 11.4 Å². The van der Waals surface area contributed by atoms with Gasteiger partial charge < -0.3 is 0 Å². The topological polar surface area (TPSA) is 146 Å². The van der Waals surface area contributed by atoms with Gasteiger partial charge in [-0.1, -0.05) is 12.1 Å². The second kappa shape index (κ2) is 8.12. The number of anilines is 2. The molecule has 0 aromatic heterocycles. The van der Waals surface area contributed by atoms with Crippen LogP contribution in [0.2, 0.25) is 0 Å². The molecule has 142 valence electrons. The standard InChI is InChI=1S/C14H20N6O4S2/c1-11(2)25(21,22)19(9-15)17-13-7-5-6-8-14(13)18-20(10-16)26(23,24)12(3)4/h5-8,11-12,17-18H,1-4H3. The maximum absolute atomic E-state index is 12.2. The molecule has 0 saturated heterocycles. The highest BCUT2D eigenvalue weighted by atomic mass is 32.2. The van der Waals surface area contributed by atoms with Crippen molar-refractivity contribution in [3.63, 3.8) is 0 Å². The number of nitriles is 2. The Morgan fingerprint density at radius 1 is 0.808 bits per heavy atom. The highest BCUT2D eigenvalue weighted by molar-refractivity contribution is 7.90. The van der Waals surface area contributed by atoms with Crippen LogP contribution in [-0.2, 0) is 20.0 Å². The fraction of sp³-hybridized carbons (Fsp3) is 0.429. The number of hydrogen-bond acceptors (Lipinski definition) is 8. The number of para-hydroxylation sites is 2. The monoisotopic (exact) mass is 400 g/mol. The zero-order valence-electron chi connectivity index (χ0n) is 14.7. The molecule has 0 fully saturated rings. The number of hydrazine groups is 2. The van der Waals surface area contributed by atoms with Crippen LogP contribution in [0.15, 0.2) is 24.3 Å². The normalized spacial score (nSPS) is 11.5. The van der Waals surface area contributed by atoms with E-state index < -0.39 is 30.5 Å². The molecule has 0 amide bonds. The van der Waals surface area contributed by atoms with Gasteiger partial charge in [0.2, 0.25) is 12.4 Å². The lowest BCUT2D eigenvalue weighted by molar-refractivity contribution is 0.528. The number of nitrogens with one attached hydrogen (secondary N) is 2. The van der Waals surface area contributed by atoms with Crippen LogP contribution in [0.1, 0.15) is 27.7 Å². The smallest absolute Gasteiger partial charge is 0.263 e. The van der Waals surface area contributed by atoms with Gasteiger partial charge in [-0.05, 0) is 39.8 Å². The highest BCUT2D eigenvalue weighted by Crippen LogP contribution is 2.24. The van der Waals surface area contributed by atoms with Crippen LogP contribution < -0.4 is 10.9 Å². The third-order valence-electron chi connectivity index (χ3n) is 3.25. The average Bonchev–Trinajstić information content (AvgIpc) is 2.57. The van der Waals surface area contributed by atoms with E-state index in [1.807, 2.05) is 0 Å². The maximum Gasteiger partial charge on any atom is 0.263 e. The maximum atomic E-state index is 12.2. The van der Waals surface area contributed by atoms with Crippen molar-refractivity contribution in [3.8, 4) is 12.4 Å². The summed E-state index contributed by atoms with van der Waals surface area (Å²) in [5.41, 5.74) is 5.03. The van der Waals surface area contributed by atoms with Crippen molar-refractivity contribution in [3.05, 3.63) is 24.3 Å². The molecule has 0 aliphatic rings. The summed E-state index contributed by atoms with van der Waals surface area (Å²) in [6.45, 7) is 5.66. The highest BCUT2D eigenvalue weighted by Gasteiger charge is 2.28. The van der Waals surface area contributed by atoms with Crippen LogP contribution in [0.25, 0.3) is 0 Å². The first kappa shape index (κ1) is 21.3. The molecular weight excluding hydrogens is 380 g/mol. The quantitative estimate of drug-likeness (QED) is 0.378. The minimum absolute atomic E-state index is 0.0949. The van der Waals surface area contributed by atoms with Crippen LogP contribution in [-0.4, -0.2) is 36.2 Å². The van der Waals surface area contributed by atoms with Crippen molar-refractivity contribution >= 4 is 31.4 Å². The van der Waals surface area contributed by atoms with Crippen molar-refractivity contribution in [1.29, 1.82) is 10.5 Å². The van der Waals surface area contributed by atoms with E-state index in [0.29, 0.717) is 8.83 Å². The summed E-state index contributed by atoms with van der Waals surface area (Å²) in [6, 6.07) is 5.97. The molecule has 1 aromatic carbocycles. The van der Waals surface area contributed by atoms with Crippen LogP contribution in [0.3, 0.4) is 0 Å². The Bertz CT molecular complexity index is 852. The fourth-order valence-corrected chi connectivity index (χ4v) is 3.13. The molecule has 0 heterocycles. The summed E-state index contributed by atoms with van der Waals surface area (Å²) in [4.78, 5) is 0. The molecule has 0 unspecified atom stereocenters. The molecule has 0 bridgehead atoms. The molecule has 0 spiro atoms. The summed E-state index contributed by atoms with van der Waals surface area (Å²) >= 11 is 0. The SMILES string of the molecule is CC(C)S(=O)(=O)N(C#N)Nc1ccccc1NN(C#N)S(=O)(=O)C(C)C. The summed E-state index contributed by atoms with van der Waals surface area (Å²) in [7, 11) is -7.89. The lowest BCUT2D eigenvalue weighted by Crippen LogP contribution is -2.39. The predicted octanol–water partition coefficient (Wildman–Crippen LogP) is 1.38. The molecule has 10 nitrogen and oxygen atoms in total. The first-order valence-electron chi connectivity index (χ1n) is 7.48. The van der Waals surface area contributed by atoms with Gasteiger partial charge >= 0.3 is 0 Å². The lowest BCUT2D eigenvalue weighted by atomic mass is 10.3. The van der Waals surface area contributed by atoms with Crippen molar-refractivity contribution in [2.45, 2.75) is 38.2 Å². The number of hydrogen-bond donors (Lipinski definition) is 2. The molecule has 2 N–H and O–H groups in total. The number of rotatable bonds is 8. The molecule has 26 heavy (non-hydrogen) atoms. The second-order valence-electron chi connectivity index (χ2n) is 5.69. The molecule has 0 saturated carbocycles. The van der Waals surface area contributed by atoms with Gasteiger partial charge in [0, 0.05) is 0 Å². The van der Waals surface area contributed by atoms with Crippen LogP contribution in [0, 0.1) is 22.9 Å². The minimum atomic E-state index is -3.94. The number of sulfonamides is 2. The van der Waals surface area contributed by atoms with Gasteiger partial charge in [0.1, 0.15) is 0 Å². The predicted molar refractivity (Wildman–Crippen MR) is 96.7 cm³/mol. The van der Waals surface area contributed by atoms with Crippen molar-refractivity contribution in [2.24, 2.45) is 0 Å². The van der Waals surface area contributed by atoms with E-state index in [-0.39, 0.29) is 11.4 Å². The van der Waals surface area contributed by atoms with E-state index in [1.165, 1.54) is 52.2 Å². The van der Waals surface area contributed by atoms with Gasteiger partial charge in [0.25, 0.3) is 20.0 Å². The minimum Gasteiger partial charge on any atom is -0.273 e. The third-order valence-corrected chi connectivity index (χ3v) is 7.00. The molecule has 0 aliphatic heterocycles. The molecule has 0 radical (unpaired) electrons. The van der Waals surface area contributed by atoms with E-state index >= 15 is 0 Å². The van der Waals surface area contributed by atoms with Crippen molar-refractivity contribution in [1.82, 2.24) is 8.83 Å². The van der Waals surface area contributed by atoms with Crippen LogP contribution >= 0.6 is 0 Å². The molecular formula is C14H20N6O4S2. The van der Waals surface area contributed by atoms with E-state index in [0.717, 1.165) is 0 Å². The average molecular weight is 400 g/mol. The summed E-state index contributed by atoms with van der Waals surface area (Å²) in [5, 5.41) is 16.6. The van der Waals surface area contributed by atoms with E-state index in [9.17, 15) is 16.8 Å². The van der Waals surface area contributed by atoms with E-state index in [2.05, 4.69) is 10.9 Å². The van der Waals surface area contributed by atoms with Gasteiger partial charge in [-0.2, -0.15) is 10.5 Å². The Morgan fingerprint density at radius 2 is 1.12 bits per heavy atom. The van der Waals surface area contributed by atoms with Gasteiger partial charge in [-0.25, -0.2) is 16.8 Å². The van der Waals surface area contributed by atoms with Gasteiger partial charge in [0.15, 0.2) is 0 Å². The van der Waals surface area contributed by atoms with Gasteiger partial charge in [0.05, 0.1) is 21.9 Å². The summed E-state index contributed by atoms with van der Waals surface area (Å²) in [5.74, 6) is 0. The number of benzene rings is 1. The number of nitrogens with zero attached hydrogens (tertiary/aromatic N) is 4. The summed E-state index contributed by atoms with van der Waals surface area (Å²) < 4.78 is 49.4. The molecule has 12 heteroatoms. The van der Waals surface area contributed by atoms with E-state index in [4.69, 9.17) is 10.5 Å². The Morgan fingerprint density at radius 3 is 1.35 bits per heavy atom. The Labute approximate surface area is 153 Å². The van der Waals surface area contributed by atoms with Gasteiger partial charge in [-0.3, -0.25) is 10.9 Å². The fourth-order valence-electron chi connectivity index (χ4n) is 1.61. The van der Waals surface area contributed by atoms with Crippen molar-refractivity contribution in [2.75, 3.05) is 10.9 Å². The van der Waals surface area contributed by atoms with E-state index in [1.54, 1.807) is 12.1 Å². The summed E-state index contributed by atoms with van der Waals surface area (Å²) in [6.07, 6.45) is 3.05.